The van der Waals surface area contributed by atoms with Crippen molar-refractivity contribution < 1.29 is 9.53 Å². The summed E-state index contributed by atoms with van der Waals surface area (Å²) >= 11 is 5.02. The van der Waals surface area contributed by atoms with Gasteiger partial charge in [0.15, 0.2) is 0 Å². The highest BCUT2D eigenvalue weighted by Gasteiger charge is 2.33. The van der Waals surface area contributed by atoms with E-state index in [1.165, 1.54) is 0 Å². The van der Waals surface area contributed by atoms with Crippen molar-refractivity contribution in [3.05, 3.63) is 0 Å². The van der Waals surface area contributed by atoms with Gasteiger partial charge in [0.25, 0.3) is 0 Å². The molecular weight excluding hydrogens is 224 g/mol. The first-order valence-corrected chi connectivity index (χ1v) is 6.26. The summed E-state index contributed by atoms with van der Waals surface area (Å²) in [6.45, 7) is 1.25. The van der Waals surface area contributed by atoms with Crippen LogP contribution in [-0.4, -0.2) is 30.2 Å². The average molecular weight is 242 g/mol. The zero-order valence-corrected chi connectivity index (χ0v) is 10.1. The summed E-state index contributed by atoms with van der Waals surface area (Å²) in [6.07, 6.45) is 3.91. The zero-order valence-electron chi connectivity index (χ0n) is 9.28. The Hall–Kier alpha value is -0.680. The summed E-state index contributed by atoms with van der Waals surface area (Å²) in [5, 5.41) is 3.07. The highest BCUT2D eigenvalue weighted by molar-refractivity contribution is 7.80. The fraction of sp³-hybridized carbons (Fsp3) is 0.818. The summed E-state index contributed by atoms with van der Waals surface area (Å²) in [7, 11) is 0. The van der Waals surface area contributed by atoms with E-state index < -0.39 is 0 Å². The van der Waals surface area contributed by atoms with Crippen LogP contribution >= 0.6 is 12.2 Å². The van der Waals surface area contributed by atoms with Crippen LogP contribution in [0.5, 0.6) is 0 Å². The Morgan fingerprint density at radius 1 is 1.38 bits per heavy atom. The van der Waals surface area contributed by atoms with Gasteiger partial charge in [0.1, 0.15) is 0 Å². The van der Waals surface area contributed by atoms with Crippen LogP contribution in [0.2, 0.25) is 0 Å². The highest BCUT2D eigenvalue weighted by Crippen LogP contribution is 2.26. The second kappa shape index (κ2) is 5.10. The minimum absolute atomic E-state index is 0.0209. The number of carbonyl (C=O) groups is 1. The van der Waals surface area contributed by atoms with Gasteiger partial charge in [-0.15, -0.1) is 0 Å². The van der Waals surface area contributed by atoms with Gasteiger partial charge in [-0.1, -0.05) is 18.6 Å². The largest absolute Gasteiger partial charge is 0.393 e. The topological polar surface area (TPSA) is 64.3 Å². The van der Waals surface area contributed by atoms with Crippen molar-refractivity contribution >= 4 is 23.1 Å². The maximum Gasteiger partial charge on any atom is 0.225 e. The molecule has 3 unspecified atom stereocenters. The number of thiocarbonyl (C=S) groups is 1. The van der Waals surface area contributed by atoms with Crippen LogP contribution in [0.3, 0.4) is 0 Å². The Bertz CT molecular complexity index is 290. The van der Waals surface area contributed by atoms with Crippen LogP contribution in [0, 0.1) is 11.8 Å². The maximum absolute atomic E-state index is 11.9. The molecule has 0 aromatic rings. The van der Waals surface area contributed by atoms with E-state index in [0.717, 1.165) is 25.7 Å². The van der Waals surface area contributed by atoms with Gasteiger partial charge >= 0.3 is 0 Å². The molecule has 2 rings (SSSR count). The lowest BCUT2D eigenvalue weighted by Crippen LogP contribution is -2.44. The molecule has 4 nitrogen and oxygen atoms in total. The molecule has 5 heteroatoms. The van der Waals surface area contributed by atoms with E-state index >= 15 is 0 Å². The molecule has 0 radical (unpaired) electrons. The van der Waals surface area contributed by atoms with Gasteiger partial charge in [0.2, 0.25) is 5.91 Å². The average Bonchev–Trinajstić information content (AvgIpc) is 2.86. The fourth-order valence-corrected chi connectivity index (χ4v) is 2.80. The van der Waals surface area contributed by atoms with Crippen LogP contribution in [0.1, 0.15) is 25.7 Å². The van der Waals surface area contributed by atoms with E-state index in [4.69, 9.17) is 22.7 Å². The van der Waals surface area contributed by atoms with Crippen LogP contribution in [0.15, 0.2) is 0 Å². The molecule has 0 spiro atoms. The minimum Gasteiger partial charge on any atom is -0.393 e. The van der Waals surface area contributed by atoms with Crippen LogP contribution in [-0.2, 0) is 9.53 Å². The zero-order chi connectivity index (χ0) is 11.5. The molecule has 1 heterocycles. The number of nitrogens with two attached hydrogens (primary N) is 1. The van der Waals surface area contributed by atoms with Gasteiger partial charge in [-0.25, -0.2) is 0 Å². The van der Waals surface area contributed by atoms with Crippen molar-refractivity contribution in [3.63, 3.8) is 0 Å². The molecule has 0 aromatic heterocycles. The first-order chi connectivity index (χ1) is 7.68. The van der Waals surface area contributed by atoms with Crippen molar-refractivity contribution in [2.24, 2.45) is 17.6 Å². The Morgan fingerprint density at radius 3 is 2.81 bits per heavy atom. The van der Waals surface area contributed by atoms with Crippen LogP contribution in [0.25, 0.3) is 0 Å². The molecule has 2 fully saturated rings. The monoisotopic (exact) mass is 242 g/mol. The minimum atomic E-state index is 0.0209. The summed E-state index contributed by atoms with van der Waals surface area (Å²) < 4.78 is 5.21. The molecule has 0 bridgehead atoms. The van der Waals surface area contributed by atoms with E-state index in [1.54, 1.807) is 0 Å². The second-order valence-corrected chi connectivity index (χ2v) is 5.09. The van der Waals surface area contributed by atoms with E-state index in [2.05, 4.69) is 5.32 Å². The van der Waals surface area contributed by atoms with Crippen LogP contribution in [0.4, 0.5) is 0 Å². The van der Waals surface area contributed by atoms with Gasteiger partial charge in [-0.05, 0) is 19.3 Å². The number of hydrogen-bond acceptors (Lipinski definition) is 3. The molecule has 2 aliphatic rings. The normalized spacial score (nSPS) is 33.9. The first kappa shape index (κ1) is 11.8. The van der Waals surface area contributed by atoms with Crippen molar-refractivity contribution in [1.82, 2.24) is 5.32 Å². The fourth-order valence-electron chi connectivity index (χ4n) is 2.52. The van der Waals surface area contributed by atoms with E-state index in [1.807, 2.05) is 0 Å². The third-order valence-corrected chi connectivity index (χ3v) is 3.81. The summed E-state index contributed by atoms with van der Waals surface area (Å²) in [5.41, 5.74) is 5.67. The second-order valence-electron chi connectivity index (χ2n) is 4.62. The predicted octanol–water partition coefficient (Wildman–Crippen LogP) is 0.594. The third-order valence-electron chi connectivity index (χ3n) is 3.51. The number of carbonyl (C=O) groups excluding carboxylic acids is 1. The van der Waals surface area contributed by atoms with Gasteiger partial charge in [0.05, 0.1) is 17.5 Å². The van der Waals surface area contributed by atoms with E-state index in [-0.39, 0.29) is 23.8 Å². The van der Waals surface area contributed by atoms with Gasteiger partial charge < -0.3 is 15.8 Å². The Morgan fingerprint density at radius 2 is 2.19 bits per heavy atom. The molecule has 3 N–H and O–H groups in total. The molecule has 3 atom stereocenters. The SMILES string of the molecule is NC(=S)C1CCCC1NC(=O)C1CCOC1. The molecule has 16 heavy (non-hydrogen) atoms. The lowest BCUT2D eigenvalue weighted by atomic mass is 10.0. The molecule has 0 aromatic carbocycles. The number of nitrogens with one attached hydrogen (secondary N) is 1. The van der Waals surface area contributed by atoms with Gasteiger partial charge in [-0.2, -0.15) is 0 Å². The Balaban J connectivity index is 1.88. The van der Waals surface area contributed by atoms with Crippen molar-refractivity contribution in [3.8, 4) is 0 Å². The lowest BCUT2D eigenvalue weighted by molar-refractivity contribution is -0.125. The van der Waals surface area contributed by atoms with Gasteiger partial charge in [0, 0.05) is 18.6 Å². The van der Waals surface area contributed by atoms with Crippen molar-refractivity contribution in [1.29, 1.82) is 0 Å². The Kier molecular flexibility index (Phi) is 3.76. The molecule has 1 amide bonds. The van der Waals surface area contributed by atoms with Gasteiger partial charge in [-0.3, -0.25) is 4.79 Å². The summed E-state index contributed by atoms with van der Waals surface area (Å²) in [4.78, 5) is 12.4. The van der Waals surface area contributed by atoms with E-state index in [9.17, 15) is 4.79 Å². The quantitative estimate of drug-likeness (QED) is 0.711. The molecule has 1 saturated heterocycles. The predicted molar refractivity (Wildman–Crippen MR) is 65.0 cm³/mol. The molecule has 90 valence electrons. The standard InChI is InChI=1S/C11H18N2O2S/c12-10(16)8-2-1-3-9(8)13-11(14)7-4-5-15-6-7/h7-9H,1-6H2,(H2,12,16)(H,13,14). The number of ether oxygens (including phenoxy) is 1. The third kappa shape index (κ3) is 2.52. The molecule has 1 saturated carbocycles. The van der Waals surface area contributed by atoms with Crippen molar-refractivity contribution in [2.75, 3.05) is 13.2 Å². The number of amides is 1. The Labute approximate surface area is 101 Å². The first-order valence-electron chi connectivity index (χ1n) is 5.86. The molecule has 1 aliphatic heterocycles. The number of rotatable bonds is 3. The lowest BCUT2D eigenvalue weighted by Gasteiger charge is -2.21. The van der Waals surface area contributed by atoms with Crippen molar-refractivity contribution in [2.45, 2.75) is 31.7 Å². The molecule has 1 aliphatic carbocycles. The maximum atomic E-state index is 11.9. The smallest absolute Gasteiger partial charge is 0.225 e. The summed E-state index contributed by atoms with van der Waals surface area (Å²) in [6, 6.07) is 0.144. The van der Waals surface area contributed by atoms with E-state index in [0.29, 0.717) is 18.2 Å². The van der Waals surface area contributed by atoms with Crippen LogP contribution < -0.4 is 11.1 Å². The summed E-state index contributed by atoms with van der Waals surface area (Å²) in [5.74, 6) is 0.305. The molecular formula is C11H18N2O2S. The number of hydrogen-bond donors (Lipinski definition) is 2. The highest BCUT2D eigenvalue weighted by atomic mass is 32.1.